The van der Waals surface area contributed by atoms with Crippen LogP contribution >= 0.6 is 0 Å². The van der Waals surface area contributed by atoms with E-state index >= 15 is 0 Å². The summed E-state index contributed by atoms with van der Waals surface area (Å²) in [5, 5.41) is 2.84. The van der Waals surface area contributed by atoms with Crippen molar-refractivity contribution in [1.29, 1.82) is 0 Å². The number of amides is 2. The Morgan fingerprint density at radius 1 is 0.514 bits per heavy atom. The normalized spacial score (nSPS) is 29.7. The fraction of sp³-hybridized carbons (Fsp3) is 0.938. The van der Waals surface area contributed by atoms with Gasteiger partial charge in [-0.1, -0.05) is 153 Å². The molecule has 1 aliphatic heterocycles. The Morgan fingerprint density at radius 2 is 0.946 bits per heavy atom. The van der Waals surface area contributed by atoms with Crippen LogP contribution in [0.5, 0.6) is 0 Å². The van der Waals surface area contributed by atoms with E-state index in [-0.39, 0.29) is 17.1 Å². The SMILES string of the molecule is CC1([B][B]C2(C3(C)CCCCCCCCCCCCCCC3)CC2)CCCCCCCC(=O)NC(=O)C1. The van der Waals surface area contributed by atoms with Gasteiger partial charge in [0, 0.05) is 12.8 Å². The molecule has 0 aromatic carbocycles. The van der Waals surface area contributed by atoms with E-state index in [2.05, 4.69) is 33.5 Å². The summed E-state index contributed by atoms with van der Waals surface area (Å²) in [4.78, 5) is 25.0. The third kappa shape index (κ3) is 10.7. The second-order valence-corrected chi connectivity index (χ2v) is 13.7. The quantitative estimate of drug-likeness (QED) is 0.304. The summed E-state index contributed by atoms with van der Waals surface area (Å²) in [6.07, 6.45) is 31.2. The highest BCUT2D eigenvalue weighted by atomic mass is 16.2. The van der Waals surface area contributed by atoms with Crippen LogP contribution in [-0.2, 0) is 9.59 Å². The van der Waals surface area contributed by atoms with Gasteiger partial charge in [-0.3, -0.25) is 14.9 Å². The number of carbonyl (C=O) groups excluding carboxylic acids is 2. The Labute approximate surface area is 231 Å². The number of hydrogen-bond acceptors (Lipinski definition) is 2. The maximum Gasteiger partial charge on any atom is 0.226 e. The lowest BCUT2D eigenvalue weighted by Crippen LogP contribution is -2.38. The number of hydrogen-bond donors (Lipinski definition) is 1. The van der Waals surface area contributed by atoms with E-state index in [0.717, 1.165) is 19.3 Å². The molecule has 37 heavy (non-hydrogen) atoms. The van der Waals surface area contributed by atoms with E-state index in [1.54, 1.807) is 0 Å². The Balaban J connectivity index is 1.61. The molecule has 0 bridgehead atoms. The molecule has 1 heterocycles. The lowest BCUT2D eigenvalue weighted by atomic mass is 9.20. The zero-order valence-electron chi connectivity index (χ0n) is 24.6. The number of imide groups is 1. The highest BCUT2D eigenvalue weighted by Crippen LogP contribution is 2.68. The van der Waals surface area contributed by atoms with Crippen LogP contribution in [0.3, 0.4) is 0 Å². The van der Waals surface area contributed by atoms with Gasteiger partial charge in [0.15, 0.2) is 0 Å². The summed E-state index contributed by atoms with van der Waals surface area (Å²) in [6, 6.07) is 0. The van der Waals surface area contributed by atoms with Crippen molar-refractivity contribution in [2.75, 3.05) is 0 Å². The zero-order valence-corrected chi connectivity index (χ0v) is 24.6. The molecule has 3 nitrogen and oxygen atoms in total. The standard InChI is InChI=1S/C32H57B2NO2/c1-30(22-18-14-10-8-6-4-3-5-7-9-11-15-19-23-30)32(25-26-32)34-33-31(2)24-20-16-12-13-17-21-28(36)35-29(37)27-31/h3-27H2,1-2H3,(H,35,36,37). The van der Waals surface area contributed by atoms with E-state index in [1.165, 1.54) is 128 Å². The van der Waals surface area contributed by atoms with E-state index in [4.69, 9.17) is 0 Å². The second-order valence-electron chi connectivity index (χ2n) is 13.7. The molecular formula is C32H57B2NO2. The molecule has 1 atom stereocenters. The average molecular weight is 509 g/mol. The molecule has 3 fully saturated rings. The molecule has 0 aromatic heterocycles. The summed E-state index contributed by atoms with van der Waals surface area (Å²) < 4.78 is 0. The minimum atomic E-state index is -0.159. The fourth-order valence-corrected chi connectivity index (χ4v) is 7.27. The molecule has 5 heteroatoms. The van der Waals surface area contributed by atoms with Crippen molar-refractivity contribution in [2.24, 2.45) is 5.41 Å². The van der Waals surface area contributed by atoms with Crippen molar-refractivity contribution in [1.82, 2.24) is 5.32 Å². The lowest BCUT2D eigenvalue weighted by molar-refractivity contribution is -0.130. The Morgan fingerprint density at radius 3 is 1.43 bits per heavy atom. The maximum atomic E-state index is 12.8. The van der Waals surface area contributed by atoms with Crippen molar-refractivity contribution in [3.63, 3.8) is 0 Å². The first-order valence-electron chi connectivity index (χ1n) is 16.4. The van der Waals surface area contributed by atoms with Crippen molar-refractivity contribution in [3.8, 4) is 0 Å². The lowest BCUT2D eigenvalue weighted by Gasteiger charge is -2.41. The number of carbonyl (C=O) groups is 2. The van der Waals surface area contributed by atoms with Crippen molar-refractivity contribution < 1.29 is 9.59 Å². The molecular weight excluding hydrogens is 452 g/mol. The van der Waals surface area contributed by atoms with Crippen LogP contribution in [-0.4, -0.2) is 26.2 Å². The van der Waals surface area contributed by atoms with E-state index in [9.17, 15) is 9.59 Å². The van der Waals surface area contributed by atoms with Crippen LogP contribution in [0.4, 0.5) is 0 Å². The molecule has 2 aliphatic carbocycles. The van der Waals surface area contributed by atoms with Gasteiger partial charge in [-0.2, -0.15) is 0 Å². The maximum absolute atomic E-state index is 12.8. The topological polar surface area (TPSA) is 46.2 Å². The molecule has 1 N–H and O–H groups in total. The summed E-state index contributed by atoms with van der Waals surface area (Å²) in [5.41, 5.74) is 0.376. The van der Waals surface area contributed by atoms with Gasteiger partial charge in [0.2, 0.25) is 11.8 Å². The van der Waals surface area contributed by atoms with Gasteiger partial charge >= 0.3 is 0 Å². The minimum absolute atomic E-state index is 0.0847. The van der Waals surface area contributed by atoms with Crippen LogP contribution in [0.1, 0.15) is 174 Å². The van der Waals surface area contributed by atoms with Crippen molar-refractivity contribution in [2.45, 2.75) is 185 Å². The first-order chi connectivity index (χ1) is 17.9. The third-order valence-electron chi connectivity index (χ3n) is 10.2. The molecule has 2 radical (unpaired) electrons. The summed E-state index contributed by atoms with van der Waals surface area (Å²) >= 11 is 0. The largest absolute Gasteiger partial charge is 0.296 e. The molecule has 3 rings (SSSR count). The smallest absolute Gasteiger partial charge is 0.226 e. The van der Waals surface area contributed by atoms with Crippen molar-refractivity contribution in [3.05, 3.63) is 0 Å². The third-order valence-corrected chi connectivity index (χ3v) is 10.2. The molecule has 2 amide bonds. The summed E-state index contributed by atoms with van der Waals surface area (Å²) in [5.74, 6) is -0.174. The van der Waals surface area contributed by atoms with Gasteiger partial charge in [-0.15, -0.1) is 0 Å². The van der Waals surface area contributed by atoms with Crippen LogP contribution in [0, 0.1) is 5.41 Å². The van der Waals surface area contributed by atoms with Gasteiger partial charge in [-0.05, 0) is 24.7 Å². The van der Waals surface area contributed by atoms with Crippen LogP contribution in [0.15, 0.2) is 0 Å². The van der Waals surface area contributed by atoms with E-state index in [0.29, 0.717) is 23.6 Å². The van der Waals surface area contributed by atoms with E-state index in [1.807, 2.05) is 0 Å². The minimum Gasteiger partial charge on any atom is -0.296 e. The zero-order chi connectivity index (χ0) is 26.5. The molecule has 3 aliphatic rings. The van der Waals surface area contributed by atoms with Crippen LogP contribution in [0.25, 0.3) is 0 Å². The monoisotopic (exact) mass is 509 g/mol. The van der Waals surface area contributed by atoms with Crippen molar-refractivity contribution >= 4 is 26.2 Å². The predicted molar refractivity (Wildman–Crippen MR) is 159 cm³/mol. The average Bonchev–Trinajstić information content (AvgIpc) is 3.65. The van der Waals surface area contributed by atoms with Crippen LogP contribution < -0.4 is 5.32 Å². The van der Waals surface area contributed by atoms with Gasteiger partial charge < -0.3 is 0 Å². The second kappa shape index (κ2) is 15.8. The summed E-state index contributed by atoms with van der Waals surface area (Å²) in [6.45, 7) is 4.86. The molecule has 1 saturated heterocycles. The molecule has 208 valence electrons. The van der Waals surface area contributed by atoms with Crippen LogP contribution in [0.2, 0.25) is 10.6 Å². The molecule has 1 unspecified atom stereocenters. The van der Waals surface area contributed by atoms with Gasteiger partial charge in [0.05, 0.1) is 14.3 Å². The summed E-state index contributed by atoms with van der Waals surface area (Å²) in [7, 11) is 5.01. The van der Waals surface area contributed by atoms with E-state index < -0.39 is 0 Å². The Kier molecular flexibility index (Phi) is 13.1. The highest BCUT2D eigenvalue weighted by Gasteiger charge is 2.55. The number of rotatable bonds is 4. The highest BCUT2D eigenvalue weighted by molar-refractivity contribution is 7.04. The van der Waals surface area contributed by atoms with Gasteiger partial charge in [-0.25, -0.2) is 0 Å². The molecule has 0 spiro atoms. The van der Waals surface area contributed by atoms with Gasteiger partial charge in [0.1, 0.15) is 0 Å². The fourth-order valence-electron chi connectivity index (χ4n) is 7.27. The molecule has 0 aromatic rings. The molecule has 2 saturated carbocycles. The Bertz CT molecular complexity index is 676. The van der Waals surface area contributed by atoms with Gasteiger partial charge in [0.25, 0.3) is 0 Å². The first-order valence-corrected chi connectivity index (χ1v) is 16.4. The first kappa shape index (κ1) is 30.8. The Hall–Kier alpha value is -0.730. The predicted octanol–water partition coefficient (Wildman–Crippen LogP) is 9.09. The number of nitrogens with one attached hydrogen (secondary N) is 1.